The van der Waals surface area contributed by atoms with Gasteiger partial charge in [-0.2, -0.15) is 0 Å². The van der Waals surface area contributed by atoms with Crippen LogP contribution in [-0.4, -0.2) is 16.0 Å². The van der Waals surface area contributed by atoms with Crippen molar-refractivity contribution in [2.24, 2.45) is 0 Å². The van der Waals surface area contributed by atoms with Crippen molar-refractivity contribution in [1.29, 1.82) is 0 Å². The van der Waals surface area contributed by atoms with Gasteiger partial charge in [-0.1, -0.05) is 30.0 Å². The van der Waals surface area contributed by atoms with Crippen molar-refractivity contribution >= 4 is 23.0 Å². The van der Waals surface area contributed by atoms with Crippen LogP contribution in [0.25, 0.3) is 6.08 Å². The number of thioether (sulfide) groups is 1. The second kappa shape index (κ2) is 7.25. The van der Waals surface area contributed by atoms with Crippen molar-refractivity contribution in [2.75, 3.05) is 5.75 Å². The molecule has 0 aliphatic heterocycles. The summed E-state index contributed by atoms with van der Waals surface area (Å²) in [5.41, 5.74) is 1.38. The number of hydrogen-bond donors (Lipinski definition) is 1. The maximum atomic E-state index is 13.0. The van der Waals surface area contributed by atoms with Gasteiger partial charge in [0, 0.05) is 12.7 Å². The molecule has 0 spiro atoms. The van der Waals surface area contributed by atoms with Crippen LogP contribution in [0.1, 0.15) is 24.5 Å². The average molecular weight is 254 g/mol. The number of benzene rings is 1. The second-order valence-corrected chi connectivity index (χ2v) is 4.80. The Bertz CT molecular complexity index is 416. The summed E-state index contributed by atoms with van der Waals surface area (Å²) in [7, 11) is 0. The fraction of sp³-hybridized carbons (Fsp3) is 0.308. The summed E-state index contributed by atoms with van der Waals surface area (Å²) < 4.78 is 13.0. The lowest BCUT2D eigenvalue weighted by molar-refractivity contribution is -0.109. The molecule has 0 fully saturated rings. The molecular formula is C13H15FO2S. The van der Waals surface area contributed by atoms with Crippen molar-refractivity contribution in [1.82, 2.24) is 0 Å². The molecule has 0 unspecified atom stereocenters. The third-order valence-electron chi connectivity index (χ3n) is 2.17. The Balaban J connectivity index is 2.57. The lowest BCUT2D eigenvalue weighted by Gasteiger charge is -2.02. The summed E-state index contributed by atoms with van der Waals surface area (Å²) in [6, 6.07) is 4.29. The van der Waals surface area contributed by atoms with E-state index in [2.05, 4.69) is 0 Å². The number of aliphatic hydroxyl groups is 1. The van der Waals surface area contributed by atoms with Gasteiger partial charge in [-0.05, 0) is 29.7 Å². The van der Waals surface area contributed by atoms with Crippen LogP contribution < -0.4 is 0 Å². The molecule has 0 amide bonds. The van der Waals surface area contributed by atoms with Crippen LogP contribution in [0.2, 0.25) is 0 Å². The monoisotopic (exact) mass is 254 g/mol. The van der Waals surface area contributed by atoms with Gasteiger partial charge in [-0.15, -0.1) is 0 Å². The normalized spacial score (nSPS) is 11.0. The van der Waals surface area contributed by atoms with Crippen molar-refractivity contribution < 1.29 is 14.3 Å². The molecule has 0 atom stereocenters. The van der Waals surface area contributed by atoms with Gasteiger partial charge in [-0.3, -0.25) is 4.79 Å². The lowest BCUT2D eigenvalue weighted by atomic mass is 10.1. The Morgan fingerprint density at radius 2 is 2.29 bits per heavy atom. The Morgan fingerprint density at radius 3 is 2.94 bits per heavy atom. The molecule has 92 valence electrons. The van der Waals surface area contributed by atoms with E-state index >= 15 is 0 Å². The van der Waals surface area contributed by atoms with E-state index in [9.17, 15) is 9.18 Å². The third kappa shape index (κ3) is 5.15. The summed E-state index contributed by atoms with van der Waals surface area (Å²) in [6.07, 6.45) is 4.39. The number of hydrogen-bond acceptors (Lipinski definition) is 3. The molecule has 1 aromatic rings. The minimum absolute atomic E-state index is 0.0974. The largest absolute Gasteiger partial charge is 0.392 e. The predicted octanol–water partition coefficient (Wildman–Crippen LogP) is 3.00. The summed E-state index contributed by atoms with van der Waals surface area (Å²) in [6.45, 7) is 1.42. The molecule has 0 radical (unpaired) electrons. The van der Waals surface area contributed by atoms with Gasteiger partial charge < -0.3 is 5.11 Å². The van der Waals surface area contributed by atoms with Crippen LogP contribution in [0, 0.1) is 5.82 Å². The average Bonchev–Trinajstić information content (AvgIpc) is 2.28. The molecule has 4 heteroatoms. The summed E-state index contributed by atoms with van der Waals surface area (Å²) in [5, 5.41) is 9.18. The molecule has 0 aliphatic rings. The first kappa shape index (κ1) is 13.9. The SMILES string of the molecule is CC(=O)SCCC=Cc1cc(F)ccc1CO. The van der Waals surface area contributed by atoms with Gasteiger partial charge in [-0.25, -0.2) is 4.39 Å². The standard InChI is InChI=1S/C13H15FO2S/c1-10(16)17-7-3-2-4-11-8-13(14)6-5-12(11)9-15/h2,4-6,8,15H,3,7,9H2,1H3. The summed E-state index contributed by atoms with van der Waals surface area (Å²) >= 11 is 1.27. The maximum absolute atomic E-state index is 13.0. The molecule has 0 heterocycles. The number of halogens is 1. The number of aliphatic hydroxyl groups excluding tert-OH is 1. The van der Waals surface area contributed by atoms with E-state index in [1.54, 1.807) is 12.1 Å². The van der Waals surface area contributed by atoms with Gasteiger partial charge in [0.1, 0.15) is 5.82 Å². The first-order valence-corrected chi connectivity index (χ1v) is 6.31. The molecule has 0 saturated carbocycles. The van der Waals surface area contributed by atoms with Gasteiger partial charge in [0.2, 0.25) is 0 Å². The van der Waals surface area contributed by atoms with Crippen LogP contribution in [0.5, 0.6) is 0 Å². The molecule has 17 heavy (non-hydrogen) atoms. The molecule has 1 rings (SSSR count). The van der Waals surface area contributed by atoms with Gasteiger partial charge >= 0.3 is 0 Å². The zero-order chi connectivity index (χ0) is 12.7. The van der Waals surface area contributed by atoms with E-state index in [4.69, 9.17) is 5.11 Å². The molecule has 0 saturated heterocycles. The third-order valence-corrected chi connectivity index (χ3v) is 3.01. The molecule has 0 bridgehead atoms. The smallest absolute Gasteiger partial charge is 0.185 e. The van der Waals surface area contributed by atoms with Crippen molar-refractivity contribution in [3.8, 4) is 0 Å². The molecule has 2 nitrogen and oxygen atoms in total. The minimum Gasteiger partial charge on any atom is -0.392 e. The van der Waals surface area contributed by atoms with Gasteiger partial charge in [0.05, 0.1) is 6.61 Å². The van der Waals surface area contributed by atoms with Crippen molar-refractivity contribution in [3.63, 3.8) is 0 Å². The van der Waals surface area contributed by atoms with Gasteiger partial charge in [0.25, 0.3) is 0 Å². The molecule has 1 aromatic carbocycles. The zero-order valence-corrected chi connectivity index (χ0v) is 10.5. The quantitative estimate of drug-likeness (QED) is 0.821. The molecule has 0 aromatic heterocycles. The fourth-order valence-corrected chi connectivity index (χ4v) is 1.89. The van der Waals surface area contributed by atoms with Crippen LogP contribution in [-0.2, 0) is 11.4 Å². The fourth-order valence-electron chi connectivity index (χ4n) is 1.35. The Kier molecular flexibility index (Phi) is 5.94. The Hall–Kier alpha value is -1.13. The maximum Gasteiger partial charge on any atom is 0.185 e. The van der Waals surface area contributed by atoms with E-state index in [0.717, 1.165) is 12.2 Å². The van der Waals surface area contributed by atoms with E-state index in [0.29, 0.717) is 11.1 Å². The van der Waals surface area contributed by atoms with Crippen LogP contribution in [0.4, 0.5) is 4.39 Å². The van der Waals surface area contributed by atoms with Crippen LogP contribution >= 0.6 is 11.8 Å². The van der Waals surface area contributed by atoms with E-state index in [1.165, 1.54) is 30.8 Å². The number of rotatable bonds is 5. The highest BCUT2D eigenvalue weighted by atomic mass is 32.2. The highest BCUT2D eigenvalue weighted by molar-refractivity contribution is 8.13. The molecule has 0 aliphatic carbocycles. The number of carbonyl (C=O) groups is 1. The van der Waals surface area contributed by atoms with Crippen molar-refractivity contribution in [2.45, 2.75) is 20.0 Å². The highest BCUT2D eigenvalue weighted by Crippen LogP contribution is 2.14. The summed E-state index contributed by atoms with van der Waals surface area (Å²) in [5.74, 6) is 0.398. The highest BCUT2D eigenvalue weighted by Gasteiger charge is 1.99. The molecule has 1 N–H and O–H groups in total. The van der Waals surface area contributed by atoms with E-state index < -0.39 is 0 Å². The number of carbonyl (C=O) groups excluding carboxylic acids is 1. The zero-order valence-electron chi connectivity index (χ0n) is 9.65. The van der Waals surface area contributed by atoms with Crippen LogP contribution in [0.15, 0.2) is 24.3 Å². The Morgan fingerprint density at radius 1 is 1.53 bits per heavy atom. The Labute approximate surface area is 105 Å². The number of allylic oxidation sites excluding steroid dienone is 1. The van der Waals surface area contributed by atoms with Crippen molar-refractivity contribution in [3.05, 3.63) is 41.2 Å². The van der Waals surface area contributed by atoms with E-state index in [1.807, 2.05) is 6.08 Å². The molecular weight excluding hydrogens is 239 g/mol. The topological polar surface area (TPSA) is 37.3 Å². The van der Waals surface area contributed by atoms with E-state index in [-0.39, 0.29) is 17.5 Å². The first-order valence-electron chi connectivity index (χ1n) is 5.32. The first-order chi connectivity index (χ1) is 8.13. The lowest BCUT2D eigenvalue weighted by Crippen LogP contribution is -1.90. The van der Waals surface area contributed by atoms with Gasteiger partial charge in [0.15, 0.2) is 5.12 Å². The summed E-state index contributed by atoms with van der Waals surface area (Å²) in [4.78, 5) is 10.7. The predicted molar refractivity (Wildman–Crippen MR) is 69.1 cm³/mol. The van der Waals surface area contributed by atoms with Crippen LogP contribution in [0.3, 0.4) is 0 Å². The second-order valence-electron chi connectivity index (χ2n) is 3.53. The minimum atomic E-state index is -0.319.